The summed E-state index contributed by atoms with van der Waals surface area (Å²) in [5.74, 6) is 10.7. The molecule has 1 nitrogen and oxygen atoms in total. The number of hydrogen-bond donors (Lipinski definition) is 0. The zero-order valence-corrected chi connectivity index (χ0v) is 29.8. The van der Waals surface area contributed by atoms with Crippen LogP contribution < -0.4 is 4.90 Å². The van der Waals surface area contributed by atoms with E-state index in [4.69, 9.17) is 0 Å². The van der Waals surface area contributed by atoms with Crippen LogP contribution in [-0.2, 0) is 0 Å². The fourth-order valence-corrected chi connectivity index (χ4v) is 6.57. The van der Waals surface area contributed by atoms with Gasteiger partial charge in [0, 0.05) is 35.5 Å². The largest absolute Gasteiger partial charge is 0.372 e. The van der Waals surface area contributed by atoms with Gasteiger partial charge in [-0.1, -0.05) is 164 Å². The maximum absolute atomic E-state index is 3.61. The zero-order valence-electron chi connectivity index (χ0n) is 28.8. The van der Waals surface area contributed by atoms with Crippen LogP contribution in [0.25, 0.3) is 21.5 Å². The van der Waals surface area contributed by atoms with Gasteiger partial charge in [0.2, 0.25) is 0 Å². The monoisotopic (exact) mass is 613 g/mol. The number of unbranched alkanes of at least 4 members (excludes halogenated alkanes) is 10. The van der Waals surface area contributed by atoms with E-state index < -0.39 is 8.07 Å². The Morgan fingerprint density at radius 2 is 0.911 bits per heavy atom. The van der Waals surface area contributed by atoms with Crippen molar-refractivity contribution in [2.24, 2.45) is 0 Å². The molecule has 0 spiro atoms. The predicted molar refractivity (Wildman–Crippen MR) is 203 cm³/mol. The van der Waals surface area contributed by atoms with Crippen LogP contribution in [0.4, 0.5) is 5.69 Å². The van der Waals surface area contributed by atoms with Crippen LogP contribution in [0.2, 0.25) is 19.6 Å². The molecular formula is C43H55NSi. The van der Waals surface area contributed by atoms with E-state index in [2.05, 4.69) is 134 Å². The van der Waals surface area contributed by atoms with E-state index in [1.165, 1.54) is 104 Å². The second-order valence-electron chi connectivity index (χ2n) is 13.7. The van der Waals surface area contributed by atoms with E-state index in [-0.39, 0.29) is 0 Å². The van der Waals surface area contributed by atoms with Gasteiger partial charge in [0.15, 0.2) is 0 Å². The lowest BCUT2D eigenvalue weighted by atomic mass is 9.92. The van der Waals surface area contributed by atoms with Gasteiger partial charge in [0.25, 0.3) is 0 Å². The smallest absolute Gasteiger partial charge is 0.129 e. The summed E-state index contributed by atoms with van der Waals surface area (Å²) in [5, 5.41) is 4.76. The highest BCUT2D eigenvalue weighted by atomic mass is 28.3. The van der Waals surface area contributed by atoms with Crippen LogP contribution in [0.1, 0.15) is 108 Å². The minimum atomic E-state index is -1.52. The summed E-state index contributed by atoms with van der Waals surface area (Å²) in [6, 6.07) is 26.3. The highest BCUT2D eigenvalue weighted by molar-refractivity contribution is 6.83. The number of nitrogens with zero attached hydrogens (tertiary/aromatic N) is 1. The van der Waals surface area contributed by atoms with Crippen molar-refractivity contribution >= 4 is 35.3 Å². The first-order valence-corrected chi connectivity index (χ1v) is 21.2. The number of benzene rings is 4. The summed E-state index contributed by atoms with van der Waals surface area (Å²) in [4.78, 5) is 2.62. The normalized spacial score (nSPS) is 11.2. The molecule has 0 heterocycles. The lowest BCUT2D eigenvalue weighted by Gasteiger charge is -2.25. The van der Waals surface area contributed by atoms with Gasteiger partial charge < -0.3 is 4.90 Å². The van der Waals surface area contributed by atoms with Crippen molar-refractivity contribution in [1.82, 2.24) is 0 Å². The topological polar surface area (TPSA) is 3.24 Å². The average Bonchev–Trinajstić information content (AvgIpc) is 3.04. The first-order chi connectivity index (χ1) is 21.9. The second kappa shape index (κ2) is 17.9. The van der Waals surface area contributed by atoms with Crippen LogP contribution in [0.5, 0.6) is 0 Å². The molecule has 4 aromatic rings. The Morgan fingerprint density at radius 1 is 0.489 bits per heavy atom. The zero-order chi connectivity index (χ0) is 31.9. The molecular weight excluding hydrogens is 559 g/mol. The van der Waals surface area contributed by atoms with Gasteiger partial charge in [0.05, 0.1) is 0 Å². The van der Waals surface area contributed by atoms with Gasteiger partial charge in [0.1, 0.15) is 8.07 Å². The SMILES string of the molecule is CCCCCCCCN(CCCCCCCC)c1ccc(C#Cc2c3ccccc3c(C#C[Si](C)(C)C)c3ccccc23)cc1. The maximum atomic E-state index is 3.61. The Labute approximate surface area is 275 Å². The molecule has 0 aliphatic heterocycles. The number of rotatable bonds is 15. The molecule has 0 aliphatic carbocycles. The molecule has 0 radical (unpaired) electrons. The van der Waals surface area contributed by atoms with Gasteiger partial charge >= 0.3 is 0 Å². The first kappa shape index (κ1) is 34.4. The van der Waals surface area contributed by atoms with Crippen molar-refractivity contribution in [3.8, 4) is 23.3 Å². The third-order valence-electron chi connectivity index (χ3n) is 8.62. The average molecular weight is 614 g/mol. The summed E-state index contributed by atoms with van der Waals surface area (Å²) in [7, 11) is -1.52. The molecule has 0 unspecified atom stereocenters. The van der Waals surface area contributed by atoms with E-state index in [1.54, 1.807) is 0 Å². The fraction of sp³-hybridized carbons (Fsp3) is 0.442. The molecule has 0 N–H and O–H groups in total. The molecule has 0 atom stereocenters. The molecule has 4 rings (SSSR count). The number of fused-ring (bicyclic) bond motifs is 2. The number of hydrogen-bond acceptors (Lipinski definition) is 1. The molecule has 236 valence electrons. The Kier molecular flexibility index (Phi) is 13.7. The summed E-state index contributed by atoms with van der Waals surface area (Å²) >= 11 is 0. The highest BCUT2D eigenvalue weighted by Gasteiger charge is 2.13. The van der Waals surface area contributed by atoms with Crippen LogP contribution in [-0.4, -0.2) is 21.2 Å². The Bertz CT molecular complexity index is 1550. The molecule has 0 amide bonds. The van der Waals surface area contributed by atoms with E-state index in [0.29, 0.717) is 0 Å². The van der Waals surface area contributed by atoms with E-state index in [1.807, 2.05) is 0 Å². The minimum Gasteiger partial charge on any atom is -0.372 e. The van der Waals surface area contributed by atoms with Gasteiger partial charge in [-0.2, -0.15) is 0 Å². The quantitative estimate of drug-likeness (QED) is 0.0558. The van der Waals surface area contributed by atoms with Crippen LogP contribution in [0, 0.1) is 23.3 Å². The third kappa shape index (κ3) is 10.6. The van der Waals surface area contributed by atoms with Crippen molar-refractivity contribution in [2.75, 3.05) is 18.0 Å². The minimum absolute atomic E-state index is 1.06. The third-order valence-corrected chi connectivity index (χ3v) is 9.50. The molecule has 0 bridgehead atoms. The molecule has 0 fully saturated rings. The van der Waals surface area contributed by atoms with E-state index >= 15 is 0 Å². The molecule has 2 heteroatoms. The van der Waals surface area contributed by atoms with Crippen LogP contribution >= 0.6 is 0 Å². The Morgan fingerprint density at radius 3 is 1.36 bits per heavy atom. The van der Waals surface area contributed by atoms with E-state index in [9.17, 15) is 0 Å². The van der Waals surface area contributed by atoms with Crippen LogP contribution in [0.3, 0.4) is 0 Å². The molecule has 0 saturated carbocycles. The lowest BCUT2D eigenvalue weighted by Crippen LogP contribution is -2.25. The van der Waals surface area contributed by atoms with Gasteiger partial charge in [-0.25, -0.2) is 0 Å². The predicted octanol–water partition coefficient (Wildman–Crippen LogP) is 12.1. The van der Waals surface area contributed by atoms with Crippen LogP contribution in [0.15, 0.2) is 72.8 Å². The fourth-order valence-electron chi connectivity index (χ4n) is 6.07. The summed E-state index contributed by atoms with van der Waals surface area (Å²) in [6.45, 7) is 13.8. The highest BCUT2D eigenvalue weighted by Crippen LogP contribution is 2.32. The molecule has 4 aromatic carbocycles. The number of anilines is 1. The van der Waals surface area contributed by atoms with Gasteiger partial charge in [-0.3, -0.25) is 0 Å². The second-order valence-corrected chi connectivity index (χ2v) is 18.4. The maximum Gasteiger partial charge on any atom is 0.129 e. The Hall–Kier alpha value is -3.46. The van der Waals surface area contributed by atoms with Gasteiger partial charge in [-0.05, 0) is 58.7 Å². The summed E-state index contributed by atoms with van der Waals surface area (Å²) in [5.41, 5.74) is 8.24. The summed E-state index contributed by atoms with van der Waals surface area (Å²) in [6.07, 6.45) is 16.1. The first-order valence-electron chi connectivity index (χ1n) is 17.7. The van der Waals surface area contributed by atoms with Crippen molar-refractivity contribution in [1.29, 1.82) is 0 Å². The van der Waals surface area contributed by atoms with Gasteiger partial charge in [-0.15, -0.1) is 5.54 Å². The summed E-state index contributed by atoms with van der Waals surface area (Å²) < 4.78 is 0. The van der Waals surface area contributed by atoms with E-state index in [0.717, 1.165) is 29.8 Å². The standard InChI is InChI=1S/C43H55NSi/c1-6-8-10-12-14-20-33-44(34-21-15-13-11-9-7-2)37-29-26-36(27-30-37)28-31-42-38-22-16-18-24-40(38)43(32-35-45(3,4)5)41-25-19-17-23-39(41)42/h16-19,22-27,29-30H,6-15,20-21,33-34H2,1-5H3. The van der Waals surface area contributed by atoms with Crippen molar-refractivity contribution < 1.29 is 0 Å². The Balaban J connectivity index is 1.58. The van der Waals surface area contributed by atoms with Crippen molar-refractivity contribution in [3.05, 3.63) is 89.5 Å². The molecule has 0 aromatic heterocycles. The van der Waals surface area contributed by atoms with Crippen molar-refractivity contribution in [2.45, 2.75) is 111 Å². The molecule has 45 heavy (non-hydrogen) atoms. The molecule has 0 aliphatic rings. The molecule has 0 saturated heterocycles. The van der Waals surface area contributed by atoms with Crippen molar-refractivity contribution in [3.63, 3.8) is 0 Å². The lowest BCUT2D eigenvalue weighted by molar-refractivity contribution is 0.575.